The van der Waals surface area contributed by atoms with Crippen LogP contribution in [0.5, 0.6) is 5.75 Å². The lowest BCUT2D eigenvalue weighted by molar-refractivity contribution is 0.475. The highest BCUT2D eigenvalue weighted by atomic mass is 32.2. The zero-order valence-electron chi connectivity index (χ0n) is 15.9. The fourth-order valence-electron chi connectivity index (χ4n) is 1.97. The van der Waals surface area contributed by atoms with Gasteiger partial charge in [-0.2, -0.15) is 0 Å². The van der Waals surface area contributed by atoms with E-state index in [1.807, 2.05) is 26.0 Å². The molecule has 0 unspecified atom stereocenters. The van der Waals surface area contributed by atoms with Gasteiger partial charge in [0.25, 0.3) is 0 Å². The summed E-state index contributed by atoms with van der Waals surface area (Å²) in [5.74, 6) is 0.215. The van der Waals surface area contributed by atoms with Crippen LogP contribution in [0.1, 0.15) is 45.7 Å². The van der Waals surface area contributed by atoms with Gasteiger partial charge in [0.2, 0.25) is 0 Å². The molecule has 25 heavy (non-hydrogen) atoms. The summed E-state index contributed by atoms with van der Waals surface area (Å²) in [7, 11) is 0. The Kier molecular flexibility index (Phi) is 8.36. The Labute approximate surface area is 156 Å². The molecular formula is C22H29NOS. The van der Waals surface area contributed by atoms with Crippen molar-refractivity contribution in [2.24, 2.45) is 0 Å². The van der Waals surface area contributed by atoms with E-state index in [9.17, 15) is 5.11 Å². The van der Waals surface area contributed by atoms with Gasteiger partial charge >= 0.3 is 0 Å². The van der Waals surface area contributed by atoms with Crippen molar-refractivity contribution >= 4 is 22.4 Å². The minimum absolute atomic E-state index is 0.215. The van der Waals surface area contributed by atoms with Crippen LogP contribution in [-0.4, -0.2) is 11.7 Å². The monoisotopic (exact) mass is 355 g/mol. The lowest BCUT2D eigenvalue weighted by atomic mass is 10.1. The molecule has 0 heterocycles. The Morgan fingerprint density at radius 2 is 1.72 bits per heavy atom. The van der Waals surface area contributed by atoms with Gasteiger partial charge in [0.15, 0.2) is 0 Å². The molecule has 3 heteroatoms. The van der Waals surface area contributed by atoms with Gasteiger partial charge in [0.05, 0.1) is 0 Å². The maximum Gasteiger partial charge on any atom is 0.116 e. The number of allylic oxidation sites excluding steroid dienone is 5. The molecule has 0 spiro atoms. The van der Waals surface area contributed by atoms with Gasteiger partial charge < -0.3 is 10.4 Å². The van der Waals surface area contributed by atoms with Crippen LogP contribution in [-0.2, 0) is 0 Å². The third-order valence-corrected chi connectivity index (χ3v) is 4.60. The van der Waals surface area contributed by atoms with E-state index < -0.39 is 0 Å². The number of benzene rings is 1. The van der Waals surface area contributed by atoms with Crippen molar-refractivity contribution in [3.8, 4) is 5.75 Å². The van der Waals surface area contributed by atoms with Crippen LogP contribution in [0.25, 0.3) is 10.6 Å². The van der Waals surface area contributed by atoms with Crippen LogP contribution in [0.15, 0.2) is 65.6 Å². The minimum atomic E-state index is 0.215. The lowest BCUT2D eigenvalue weighted by Gasteiger charge is -2.13. The van der Waals surface area contributed by atoms with E-state index in [4.69, 9.17) is 0 Å². The fraction of sp³-hybridized carbons (Fsp3) is 0.273. The van der Waals surface area contributed by atoms with Gasteiger partial charge in [-0.15, -0.1) is 0 Å². The SMILES string of the molecule is C=C(NC/C(C)=C/C=C(C)C)c1cc(O)cc(C(=C)S/C(C)=C\C)c1. The molecule has 1 aromatic carbocycles. The molecule has 0 atom stereocenters. The van der Waals surface area contributed by atoms with Crippen LogP contribution < -0.4 is 5.32 Å². The molecule has 0 amide bonds. The van der Waals surface area contributed by atoms with E-state index in [0.29, 0.717) is 6.54 Å². The van der Waals surface area contributed by atoms with Gasteiger partial charge in [0, 0.05) is 22.7 Å². The zero-order chi connectivity index (χ0) is 19.0. The molecule has 0 fully saturated rings. The number of nitrogens with one attached hydrogen (secondary N) is 1. The molecule has 1 rings (SSSR count). The predicted molar refractivity (Wildman–Crippen MR) is 114 cm³/mol. The molecule has 134 valence electrons. The molecule has 0 radical (unpaired) electrons. The standard InChI is InChI=1S/C22H29NOS/c1-8-17(5)25-19(7)21-11-20(12-22(24)13-21)18(6)23-14-16(4)10-9-15(2)3/h8-13,23-24H,6-7,14H2,1-5H3/b16-10+,17-8-. The van der Waals surface area contributed by atoms with Crippen molar-refractivity contribution < 1.29 is 5.11 Å². The second-order valence-electron chi connectivity index (χ2n) is 6.28. The topological polar surface area (TPSA) is 32.3 Å². The Morgan fingerprint density at radius 3 is 2.32 bits per heavy atom. The van der Waals surface area contributed by atoms with Crippen molar-refractivity contribution in [2.45, 2.75) is 34.6 Å². The first-order valence-electron chi connectivity index (χ1n) is 8.30. The number of thioether (sulfide) groups is 1. The van der Waals surface area contributed by atoms with Crippen molar-refractivity contribution in [1.29, 1.82) is 0 Å². The summed E-state index contributed by atoms with van der Waals surface area (Å²) in [5, 5.41) is 13.4. The molecule has 0 aliphatic heterocycles. The Hall–Kier alpha value is -2.13. The summed E-state index contributed by atoms with van der Waals surface area (Å²) in [6.07, 6.45) is 6.24. The van der Waals surface area contributed by atoms with E-state index in [1.54, 1.807) is 23.9 Å². The largest absolute Gasteiger partial charge is 0.508 e. The zero-order valence-corrected chi connectivity index (χ0v) is 16.8. The fourth-order valence-corrected chi connectivity index (χ4v) is 2.72. The van der Waals surface area contributed by atoms with Crippen molar-refractivity contribution in [1.82, 2.24) is 5.32 Å². The Balaban J connectivity index is 2.88. The van der Waals surface area contributed by atoms with Gasteiger partial charge in [-0.05, 0) is 63.3 Å². The highest BCUT2D eigenvalue weighted by molar-refractivity contribution is 8.11. The van der Waals surface area contributed by atoms with Crippen LogP contribution in [0.2, 0.25) is 0 Å². The Bertz CT molecular complexity index is 734. The number of phenolic OH excluding ortho intramolecular Hbond substituents is 1. The average molecular weight is 356 g/mol. The molecule has 1 aromatic rings. The van der Waals surface area contributed by atoms with Crippen molar-refractivity contribution in [3.63, 3.8) is 0 Å². The molecule has 0 bridgehead atoms. The first-order chi connectivity index (χ1) is 11.7. The molecule has 0 aliphatic rings. The van der Waals surface area contributed by atoms with Crippen LogP contribution in [0, 0.1) is 0 Å². The van der Waals surface area contributed by atoms with Crippen LogP contribution >= 0.6 is 11.8 Å². The number of rotatable bonds is 8. The molecule has 2 nitrogen and oxygen atoms in total. The van der Waals surface area contributed by atoms with Gasteiger partial charge in [-0.1, -0.05) is 54.3 Å². The quantitative estimate of drug-likeness (QED) is 0.523. The molecule has 2 N–H and O–H groups in total. The van der Waals surface area contributed by atoms with Crippen LogP contribution in [0.4, 0.5) is 0 Å². The summed E-state index contributed by atoms with van der Waals surface area (Å²) >= 11 is 1.60. The van der Waals surface area contributed by atoms with E-state index in [1.165, 1.54) is 16.1 Å². The highest BCUT2D eigenvalue weighted by Crippen LogP contribution is 2.34. The maximum absolute atomic E-state index is 10.1. The molecular weight excluding hydrogens is 326 g/mol. The van der Waals surface area contributed by atoms with Gasteiger partial charge in [0.1, 0.15) is 5.75 Å². The summed E-state index contributed by atoms with van der Waals surface area (Å²) in [6, 6.07) is 5.45. The first-order valence-corrected chi connectivity index (χ1v) is 9.12. The third kappa shape index (κ3) is 7.53. The predicted octanol–water partition coefficient (Wildman–Crippen LogP) is 6.49. The lowest BCUT2D eigenvalue weighted by Crippen LogP contribution is -2.14. The molecule has 0 saturated heterocycles. The van der Waals surface area contributed by atoms with E-state index in [0.717, 1.165) is 21.7 Å². The second kappa shape index (κ2) is 10.00. The average Bonchev–Trinajstić information content (AvgIpc) is 2.56. The number of hydrogen-bond acceptors (Lipinski definition) is 3. The highest BCUT2D eigenvalue weighted by Gasteiger charge is 2.07. The smallest absolute Gasteiger partial charge is 0.116 e. The van der Waals surface area contributed by atoms with Gasteiger partial charge in [-0.25, -0.2) is 0 Å². The van der Waals surface area contributed by atoms with Crippen molar-refractivity contribution in [3.05, 3.63) is 76.8 Å². The number of hydrogen-bond donors (Lipinski definition) is 2. The second-order valence-corrected chi connectivity index (χ2v) is 7.62. The number of aromatic hydroxyl groups is 1. The van der Waals surface area contributed by atoms with Crippen LogP contribution in [0.3, 0.4) is 0 Å². The third-order valence-electron chi connectivity index (χ3n) is 3.56. The summed E-state index contributed by atoms with van der Waals surface area (Å²) in [4.78, 5) is 2.08. The molecule has 0 saturated carbocycles. The summed E-state index contributed by atoms with van der Waals surface area (Å²) in [6.45, 7) is 19.2. The summed E-state index contributed by atoms with van der Waals surface area (Å²) in [5.41, 5.74) is 5.03. The van der Waals surface area contributed by atoms with Crippen molar-refractivity contribution in [2.75, 3.05) is 6.54 Å². The summed E-state index contributed by atoms with van der Waals surface area (Å²) < 4.78 is 0. The normalized spacial score (nSPS) is 11.9. The minimum Gasteiger partial charge on any atom is -0.508 e. The Morgan fingerprint density at radius 1 is 1.08 bits per heavy atom. The first kappa shape index (κ1) is 20.9. The maximum atomic E-state index is 10.1. The van der Waals surface area contributed by atoms with E-state index >= 15 is 0 Å². The number of phenols is 1. The van der Waals surface area contributed by atoms with E-state index in [-0.39, 0.29) is 5.75 Å². The molecule has 0 aromatic heterocycles. The molecule has 0 aliphatic carbocycles. The van der Waals surface area contributed by atoms with E-state index in [2.05, 4.69) is 51.4 Å². The van der Waals surface area contributed by atoms with Gasteiger partial charge in [-0.3, -0.25) is 0 Å².